The van der Waals surface area contributed by atoms with Gasteiger partial charge in [0.25, 0.3) is 0 Å². The molecule has 1 amide bonds. The van der Waals surface area contributed by atoms with E-state index in [1.165, 1.54) is 11.8 Å². The Morgan fingerprint density at radius 3 is 2.43 bits per heavy atom. The van der Waals surface area contributed by atoms with Gasteiger partial charge in [-0.3, -0.25) is 4.79 Å². The number of aryl methyl sites for hydroxylation is 1. The van der Waals surface area contributed by atoms with Gasteiger partial charge in [0.05, 0.1) is 11.8 Å². The zero-order valence-electron chi connectivity index (χ0n) is 15.9. The summed E-state index contributed by atoms with van der Waals surface area (Å²) in [5, 5.41) is 15.7. The molecule has 0 bridgehead atoms. The van der Waals surface area contributed by atoms with E-state index >= 15 is 0 Å². The number of amides is 1. The van der Waals surface area contributed by atoms with E-state index < -0.39 is 0 Å². The summed E-state index contributed by atoms with van der Waals surface area (Å²) in [6, 6.07) is 15.2. The Bertz CT molecular complexity index is 940. The normalized spacial score (nSPS) is 11.9. The molecule has 28 heavy (non-hydrogen) atoms. The molecule has 0 aliphatic rings. The van der Waals surface area contributed by atoms with Gasteiger partial charge < -0.3 is 15.2 Å². The van der Waals surface area contributed by atoms with Crippen molar-refractivity contribution in [3.63, 3.8) is 0 Å². The third-order valence-electron chi connectivity index (χ3n) is 4.19. The van der Waals surface area contributed by atoms with Gasteiger partial charge in [0.15, 0.2) is 11.0 Å². The van der Waals surface area contributed by atoms with Gasteiger partial charge in [0, 0.05) is 23.4 Å². The number of nitrogens with zero attached hydrogens (tertiary/aromatic N) is 3. The molecule has 0 saturated carbocycles. The standard InChI is InChI=1S/C20H22ClN5OS/c1-13-4-8-17(9-5-13)23-19(27)14(2)28-20-25-24-18(26(20)3)12-22-16-10-6-15(21)7-11-16/h4-11,14,22H,12H2,1-3H3,(H,23,27)/t14-/m1/s1. The molecular weight excluding hydrogens is 394 g/mol. The molecule has 1 atom stereocenters. The van der Waals surface area contributed by atoms with Crippen LogP contribution in [0.4, 0.5) is 11.4 Å². The number of carbonyl (C=O) groups excluding carboxylic acids is 1. The Morgan fingerprint density at radius 1 is 1.11 bits per heavy atom. The number of benzene rings is 2. The highest BCUT2D eigenvalue weighted by Crippen LogP contribution is 2.23. The molecule has 0 aliphatic carbocycles. The van der Waals surface area contributed by atoms with Gasteiger partial charge >= 0.3 is 0 Å². The van der Waals surface area contributed by atoms with Gasteiger partial charge in [-0.05, 0) is 50.2 Å². The van der Waals surface area contributed by atoms with Crippen molar-refractivity contribution in [2.24, 2.45) is 7.05 Å². The summed E-state index contributed by atoms with van der Waals surface area (Å²) in [5.41, 5.74) is 2.89. The van der Waals surface area contributed by atoms with Crippen LogP contribution in [-0.2, 0) is 18.4 Å². The first-order chi connectivity index (χ1) is 13.4. The van der Waals surface area contributed by atoms with E-state index in [0.29, 0.717) is 16.7 Å². The Hall–Kier alpha value is -2.51. The zero-order valence-corrected chi connectivity index (χ0v) is 17.5. The minimum Gasteiger partial charge on any atom is -0.378 e. The first-order valence-corrected chi connectivity index (χ1v) is 10.1. The van der Waals surface area contributed by atoms with Gasteiger partial charge in [-0.2, -0.15) is 0 Å². The van der Waals surface area contributed by atoms with E-state index in [1.54, 1.807) is 0 Å². The maximum Gasteiger partial charge on any atom is 0.237 e. The van der Waals surface area contributed by atoms with Crippen LogP contribution in [0, 0.1) is 6.92 Å². The highest BCUT2D eigenvalue weighted by Gasteiger charge is 2.19. The molecule has 0 unspecified atom stereocenters. The fourth-order valence-electron chi connectivity index (χ4n) is 2.44. The summed E-state index contributed by atoms with van der Waals surface area (Å²) < 4.78 is 1.89. The van der Waals surface area contributed by atoms with E-state index in [1.807, 2.05) is 74.0 Å². The molecule has 2 aromatic carbocycles. The number of halogens is 1. The highest BCUT2D eigenvalue weighted by molar-refractivity contribution is 8.00. The van der Waals surface area contributed by atoms with Gasteiger partial charge in [-0.15, -0.1) is 10.2 Å². The number of hydrogen-bond acceptors (Lipinski definition) is 5. The smallest absolute Gasteiger partial charge is 0.237 e. The Kier molecular flexibility index (Phi) is 6.59. The van der Waals surface area contributed by atoms with Crippen LogP contribution in [0.5, 0.6) is 0 Å². The molecule has 0 fully saturated rings. The maximum absolute atomic E-state index is 12.4. The van der Waals surface area contributed by atoms with Crippen molar-refractivity contribution >= 4 is 40.6 Å². The zero-order chi connectivity index (χ0) is 20.1. The molecular formula is C20H22ClN5OS. The fraction of sp³-hybridized carbons (Fsp3) is 0.250. The number of carbonyl (C=O) groups is 1. The van der Waals surface area contributed by atoms with Gasteiger partial charge in [-0.1, -0.05) is 41.1 Å². The second kappa shape index (κ2) is 9.12. The minimum atomic E-state index is -0.304. The molecule has 1 aromatic heterocycles. The van der Waals surface area contributed by atoms with Gasteiger partial charge in [-0.25, -0.2) is 0 Å². The molecule has 0 aliphatic heterocycles. The van der Waals surface area contributed by atoms with Crippen LogP contribution < -0.4 is 10.6 Å². The third kappa shape index (κ3) is 5.27. The molecule has 146 valence electrons. The topological polar surface area (TPSA) is 71.8 Å². The molecule has 0 saturated heterocycles. The van der Waals surface area contributed by atoms with Gasteiger partial charge in [0.1, 0.15) is 0 Å². The summed E-state index contributed by atoms with van der Waals surface area (Å²) in [6.07, 6.45) is 0. The van der Waals surface area contributed by atoms with Crippen LogP contribution in [0.3, 0.4) is 0 Å². The summed E-state index contributed by atoms with van der Waals surface area (Å²) in [4.78, 5) is 12.4. The van der Waals surface area contributed by atoms with Crippen LogP contribution in [-0.4, -0.2) is 25.9 Å². The average Bonchev–Trinajstić information content (AvgIpc) is 3.03. The molecule has 0 radical (unpaired) electrons. The number of anilines is 2. The number of rotatable bonds is 7. The summed E-state index contributed by atoms with van der Waals surface area (Å²) in [6.45, 7) is 4.39. The third-order valence-corrected chi connectivity index (χ3v) is 5.58. The first kappa shape index (κ1) is 20.2. The average molecular weight is 416 g/mol. The van der Waals surface area contributed by atoms with E-state index in [9.17, 15) is 4.79 Å². The van der Waals surface area contributed by atoms with Crippen molar-refractivity contribution in [3.8, 4) is 0 Å². The van der Waals surface area contributed by atoms with Crippen LogP contribution in [0.1, 0.15) is 18.3 Å². The lowest BCUT2D eigenvalue weighted by Gasteiger charge is -2.12. The minimum absolute atomic E-state index is 0.0716. The largest absolute Gasteiger partial charge is 0.378 e. The Morgan fingerprint density at radius 2 is 1.75 bits per heavy atom. The molecule has 6 nitrogen and oxygen atoms in total. The second-order valence-electron chi connectivity index (χ2n) is 6.43. The predicted molar refractivity (Wildman–Crippen MR) is 115 cm³/mol. The van der Waals surface area contributed by atoms with Crippen molar-refractivity contribution < 1.29 is 4.79 Å². The lowest BCUT2D eigenvalue weighted by Crippen LogP contribution is -2.22. The summed E-state index contributed by atoms with van der Waals surface area (Å²) in [5.74, 6) is 0.710. The molecule has 1 heterocycles. The second-order valence-corrected chi connectivity index (χ2v) is 8.18. The Balaban J connectivity index is 1.57. The van der Waals surface area contributed by atoms with Crippen molar-refractivity contribution in [3.05, 3.63) is 64.9 Å². The molecule has 0 spiro atoms. The SMILES string of the molecule is Cc1ccc(NC(=O)[C@@H](C)Sc2nnc(CNc3ccc(Cl)cc3)n2C)cc1. The molecule has 3 rings (SSSR count). The van der Waals surface area contributed by atoms with Crippen LogP contribution in [0.25, 0.3) is 0 Å². The number of aromatic nitrogens is 3. The quantitative estimate of drug-likeness (QED) is 0.555. The number of hydrogen-bond donors (Lipinski definition) is 2. The maximum atomic E-state index is 12.4. The summed E-state index contributed by atoms with van der Waals surface area (Å²) >= 11 is 7.28. The van der Waals surface area contributed by atoms with E-state index in [2.05, 4.69) is 20.8 Å². The monoisotopic (exact) mass is 415 g/mol. The van der Waals surface area contributed by atoms with Crippen molar-refractivity contribution in [1.82, 2.24) is 14.8 Å². The molecule has 8 heteroatoms. The molecule has 2 N–H and O–H groups in total. The lowest BCUT2D eigenvalue weighted by atomic mass is 10.2. The van der Waals surface area contributed by atoms with Crippen LogP contribution >= 0.6 is 23.4 Å². The van der Waals surface area contributed by atoms with E-state index in [-0.39, 0.29) is 11.2 Å². The van der Waals surface area contributed by atoms with Crippen molar-refractivity contribution in [2.45, 2.75) is 30.8 Å². The summed E-state index contributed by atoms with van der Waals surface area (Å²) in [7, 11) is 1.89. The first-order valence-electron chi connectivity index (χ1n) is 8.84. The highest BCUT2D eigenvalue weighted by atomic mass is 35.5. The van der Waals surface area contributed by atoms with Crippen molar-refractivity contribution in [1.29, 1.82) is 0 Å². The number of nitrogens with one attached hydrogen (secondary N) is 2. The Labute approximate surface area is 173 Å². The van der Waals surface area contributed by atoms with Crippen LogP contribution in [0.15, 0.2) is 53.7 Å². The fourth-order valence-corrected chi connectivity index (χ4v) is 3.40. The van der Waals surface area contributed by atoms with Crippen molar-refractivity contribution in [2.75, 3.05) is 10.6 Å². The lowest BCUT2D eigenvalue weighted by molar-refractivity contribution is -0.115. The van der Waals surface area contributed by atoms with E-state index in [4.69, 9.17) is 11.6 Å². The van der Waals surface area contributed by atoms with Crippen LogP contribution in [0.2, 0.25) is 5.02 Å². The molecule has 3 aromatic rings. The van der Waals surface area contributed by atoms with E-state index in [0.717, 1.165) is 22.8 Å². The number of thioether (sulfide) groups is 1. The predicted octanol–water partition coefficient (Wildman–Crippen LogP) is 4.51. The van der Waals surface area contributed by atoms with Gasteiger partial charge in [0.2, 0.25) is 5.91 Å².